The van der Waals surface area contributed by atoms with E-state index >= 15 is 0 Å². The SMILES string of the molecule is COc1cc(/C=N\NC(=O)C(=O)NC[C@H]2CCCO2)cc(Br)c1OCC(=O)Nc1c(C)cc(C)cc1C. The molecule has 1 atom stereocenters. The van der Waals surface area contributed by atoms with Crippen LogP contribution in [0, 0.1) is 20.8 Å². The molecule has 0 unspecified atom stereocenters. The quantitative estimate of drug-likeness (QED) is 0.240. The summed E-state index contributed by atoms with van der Waals surface area (Å²) in [6, 6.07) is 7.31. The van der Waals surface area contributed by atoms with E-state index < -0.39 is 11.8 Å². The van der Waals surface area contributed by atoms with Gasteiger partial charge in [0, 0.05) is 18.8 Å². The first-order valence-corrected chi connectivity index (χ1v) is 12.6. The Morgan fingerprint density at radius 3 is 2.51 bits per heavy atom. The van der Waals surface area contributed by atoms with Crippen molar-refractivity contribution >= 4 is 45.6 Å². The number of halogens is 1. The number of nitrogens with one attached hydrogen (secondary N) is 3. The monoisotopic (exact) mass is 574 g/mol. The van der Waals surface area contributed by atoms with Gasteiger partial charge in [0.15, 0.2) is 18.1 Å². The molecule has 1 fully saturated rings. The fourth-order valence-electron chi connectivity index (χ4n) is 3.95. The molecule has 0 saturated carbocycles. The average Bonchev–Trinajstić information content (AvgIpc) is 3.37. The third-order valence-electron chi connectivity index (χ3n) is 5.64. The van der Waals surface area contributed by atoms with Gasteiger partial charge in [-0.2, -0.15) is 5.10 Å². The Bertz CT molecular complexity index is 1170. The molecule has 1 aliphatic heterocycles. The van der Waals surface area contributed by atoms with Crippen molar-refractivity contribution in [1.29, 1.82) is 0 Å². The summed E-state index contributed by atoms with van der Waals surface area (Å²) in [5.41, 5.74) is 6.59. The summed E-state index contributed by atoms with van der Waals surface area (Å²) < 4.78 is 17.1. The summed E-state index contributed by atoms with van der Waals surface area (Å²) in [6.45, 7) is 6.61. The molecular weight excluding hydrogens is 544 g/mol. The highest BCUT2D eigenvalue weighted by molar-refractivity contribution is 9.10. The highest BCUT2D eigenvalue weighted by Crippen LogP contribution is 2.36. The first-order chi connectivity index (χ1) is 17.7. The van der Waals surface area contributed by atoms with Crippen LogP contribution in [0.3, 0.4) is 0 Å². The lowest BCUT2D eigenvalue weighted by Crippen LogP contribution is -2.41. The van der Waals surface area contributed by atoms with Gasteiger partial charge in [0.05, 0.1) is 23.9 Å². The molecule has 1 heterocycles. The number of methoxy groups -OCH3 is 1. The zero-order chi connectivity index (χ0) is 26.9. The molecule has 3 rings (SSSR count). The Kier molecular flexibility index (Phi) is 10.0. The van der Waals surface area contributed by atoms with Crippen molar-refractivity contribution < 1.29 is 28.6 Å². The lowest BCUT2D eigenvalue weighted by molar-refractivity contribution is -0.139. The Morgan fingerprint density at radius 1 is 1.14 bits per heavy atom. The van der Waals surface area contributed by atoms with Crippen molar-refractivity contribution in [1.82, 2.24) is 10.7 Å². The van der Waals surface area contributed by atoms with Gasteiger partial charge in [0.1, 0.15) is 0 Å². The van der Waals surface area contributed by atoms with E-state index in [1.165, 1.54) is 13.3 Å². The summed E-state index contributed by atoms with van der Waals surface area (Å²) in [5, 5.41) is 9.26. The molecule has 198 valence electrons. The number of ether oxygens (including phenoxy) is 3. The Hall–Kier alpha value is -3.44. The fourth-order valence-corrected chi connectivity index (χ4v) is 4.53. The molecule has 3 amide bonds. The number of benzene rings is 2. The van der Waals surface area contributed by atoms with Crippen molar-refractivity contribution in [3.8, 4) is 11.5 Å². The molecule has 0 radical (unpaired) electrons. The summed E-state index contributed by atoms with van der Waals surface area (Å²) in [6.07, 6.45) is 3.10. The maximum absolute atomic E-state index is 12.5. The van der Waals surface area contributed by atoms with E-state index in [4.69, 9.17) is 14.2 Å². The van der Waals surface area contributed by atoms with Crippen LogP contribution in [0.1, 0.15) is 35.1 Å². The Labute approximate surface area is 224 Å². The van der Waals surface area contributed by atoms with Crippen LogP contribution in [0.4, 0.5) is 5.69 Å². The number of rotatable bonds is 9. The highest BCUT2D eigenvalue weighted by Gasteiger charge is 2.19. The predicted octanol–water partition coefficient (Wildman–Crippen LogP) is 3.15. The van der Waals surface area contributed by atoms with Crippen LogP contribution in [0.2, 0.25) is 0 Å². The number of amides is 3. The molecule has 1 saturated heterocycles. The van der Waals surface area contributed by atoms with Gasteiger partial charge in [-0.1, -0.05) is 17.7 Å². The first-order valence-electron chi connectivity index (χ1n) is 11.8. The maximum Gasteiger partial charge on any atom is 0.329 e. The molecule has 10 nitrogen and oxygen atoms in total. The van der Waals surface area contributed by atoms with Gasteiger partial charge >= 0.3 is 11.8 Å². The summed E-state index contributed by atoms with van der Waals surface area (Å²) in [5.74, 6) is -1.29. The highest BCUT2D eigenvalue weighted by atomic mass is 79.9. The summed E-state index contributed by atoms with van der Waals surface area (Å²) in [7, 11) is 1.47. The minimum atomic E-state index is -0.884. The minimum Gasteiger partial charge on any atom is -0.493 e. The molecule has 11 heteroatoms. The second-order valence-electron chi connectivity index (χ2n) is 8.69. The van der Waals surface area contributed by atoms with E-state index in [-0.39, 0.29) is 25.2 Å². The molecule has 3 N–H and O–H groups in total. The number of carbonyl (C=O) groups excluding carboxylic acids is 3. The zero-order valence-corrected chi connectivity index (χ0v) is 22.9. The Balaban J connectivity index is 1.56. The summed E-state index contributed by atoms with van der Waals surface area (Å²) >= 11 is 3.42. The van der Waals surface area contributed by atoms with Crippen LogP contribution < -0.4 is 25.5 Å². The first kappa shape index (κ1) is 28.1. The van der Waals surface area contributed by atoms with Crippen molar-refractivity contribution in [2.24, 2.45) is 5.10 Å². The van der Waals surface area contributed by atoms with Gasteiger partial charge in [-0.25, -0.2) is 5.43 Å². The number of hydrogen-bond acceptors (Lipinski definition) is 7. The topological polar surface area (TPSA) is 127 Å². The molecule has 0 aliphatic carbocycles. The lowest BCUT2D eigenvalue weighted by Gasteiger charge is -2.15. The van der Waals surface area contributed by atoms with Crippen molar-refractivity contribution in [3.05, 3.63) is 51.0 Å². The van der Waals surface area contributed by atoms with E-state index in [2.05, 4.69) is 37.1 Å². The molecular formula is C26H31BrN4O6. The van der Waals surface area contributed by atoms with Crippen LogP contribution in [0.25, 0.3) is 0 Å². The standard InChI is InChI=1S/C26H31BrN4O6/c1-15-8-16(2)23(17(3)9-15)30-22(32)14-37-24-20(27)10-18(11-21(24)35-4)12-29-31-26(34)25(33)28-13-19-6-5-7-36-19/h8-12,19H,5-7,13-14H2,1-4H3,(H,28,33)(H,30,32)(H,31,34)/b29-12-/t19-/m1/s1. The average molecular weight is 575 g/mol. The van der Waals surface area contributed by atoms with Gasteiger partial charge in [0.25, 0.3) is 5.91 Å². The van der Waals surface area contributed by atoms with Crippen LogP contribution in [0.5, 0.6) is 11.5 Å². The third-order valence-corrected chi connectivity index (χ3v) is 6.23. The normalized spacial score (nSPS) is 14.9. The predicted molar refractivity (Wildman–Crippen MR) is 143 cm³/mol. The van der Waals surface area contributed by atoms with Gasteiger partial charge in [0.2, 0.25) is 0 Å². The van der Waals surface area contributed by atoms with Gasteiger partial charge in [-0.3, -0.25) is 14.4 Å². The molecule has 37 heavy (non-hydrogen) atoms. The van der Waals surface area contributed by atoms with E-state index in [0.29, 0.717) is 28.1 Å². The van der Waals surface area contributed by atoms with Crippen molar-refractivity contribution in [2.45, 2.75) is 39.7 Å². The van der Waals surface area contributed by atoms with Gasteiger partial charge in [-0.05, 0) is 78.4 Å². The Morgan fingerprint density at radius 2 is 1.86 bits per heavy atom. The number of anilines is 1. The van der Waals surface area contributed by atoms with E-state index in [0.717, 1.165) is 35.2 Å². The maximum atomic E-state index is 12.5. The number of hydrogen-bond donors (Lipinski definition) is 3. The van der Waals surface area contributed by atoms with Crippen LogP contribution in [-0.4, -0.2) is 56.9 Å². The minimum absolute atomic E-state index is 0.0623. The zero-order valence-electron chi connectivity index (χ0n) is 21.3. The number of nitrogens with zero attached hydrogens (tertiary/aromatic N) is 1. The van der Waals surface area contributed by atoms with Gasteiger partial charge < -0.3 is 24.8 Å². The van der Waals surface area contributed by atoms with Crippen LogP contribution in [0.15, 0.2) is 33.8 Å². The molecule has 0 aromatic heterocycles. The lowest BCUT2D eigenvalue weighted by atomic mass is 10.1. The smallest absolute Gasteiger partial charge is 0.329 e. The number of carbonyl (C=O) groups is 3. The molecule has 0 bridgehead atoms. The van der Waals surface area contributed by atoms with E-state index in [1.807, 2.05) is 32.9 Å². The fraction of sp³-hybridized carbons (Fsp3) is 0.385. The largest absolute Gasteiger partial charge is 0.493 e. The summed E-state index contributed by atoms with van der Waals surface area (Å²) in [4.78, 5) is 36.4. The molecule has 0 spiro atoms. The molecule has 1 aliphatic rings. The molecule has 2 aromatic rings. The van der Waals surface area contributed by atoms with Crippen molar-refractivity contribution in [3.63, 3.8) is 0 Å². The number of hydrazone groups is 1. The van der Waals surface area contributed by atoms with Crippen molar-refractivity contribution in [2.75, 3.05) is 32.2 Å². The van der Waals surface area contributed by atoms with Gasteiger partial charge in [-0.15, -0.1) is 0 Å². The third kappa shape index (κ3) is 8.02. The second-order valence-corrected chi connectivity index (χ2v) is 9.54. The van der Waals surface area contributed by atoms with Crippen LogP contribution in [-0.2, 0) is 19.1 Å². The van der Waals surface area contributed by atoms with Crippen LogP contribution >= 0.6 is 15.9 Å². The second kappa shape index (κ2) is 13.2. The van der Waals surface area contributed by atoms with E-state index in [1.54, 1.807) is 12.1 Å². The number of aryl methyl sites for hydroxylation is 3. The molecule has 2 aromatic carbocycles. The van der Waals surface area contributed by atoms with E-state index in [9.17, 15) is 14.4 Å².